The number of aliphatic hydroxyl groups excluding tert-OH is 1. The number of nitrogens with zero attached hydrogens (tertiary/aromatic N) is 1. The van der Waals surface area contributed by atoms with E-state index in [9.17, 15) is 14.4 Å². The van der Waals surface area contributed by atoms with Gasteiger partial charge in [-0.15, -0.1) is 0 Å². The van der Waals surface area contributed by atoms with Crippen molar-refractivity contribution in [1.82, 2.24) is 10.2 Å². The normalized spacial score (nSPS) is 20.5. The summed E-state index contributed by atoms with van der Waals surface area (Å²) in [6.07, 6.45) is 0.523. The van der Waals surface area contributed by atoms with Crippen LogP contribution in [-0.4, -0.2) is 47.9 Å². The van der Waals surface area contributed by atoms with Gasteiger partial charge in [-0.2, -0.15) is 0 Å². The van der Waals surface area contributed by atoms with Crippen LogP contribution in [0.3, 0.4) is 0 Å². The molecule has 0 aromatic rings. The number of rotatable bonds is 2. The fourth-order valence-corrected chi connectivity index (χ4v) is 0.906. The minimum absolute atomic E-state index is 0.158. The molecule has 0 spiro atoms. The van der Waals surface area contributed by atoms with Gasteiger partial charge in [-0.1, -0.05) is 0 Å². The quantitative estimate of drug-likeness (QED) is 0.418. The van der Waals surface area contributed by atoms with Crippen molar-refractivity contribution in [2.24, 2.45) is 0 Å². The van der Waals surface area contributed by atoms with E-state index in [1.807, 2.05) is 0 Å². The Morgan fingerprint density at radius 2 is 2.08 bits per heavy atom. The average Bonchev–Trinajstić information content (AvgIpc) is 2.36. The van der Waals surface area contributed by atoms with Crippen LogP contribution in [0.25, 0.3) is 0 Å². The second-order valence-electron chi connectivity index (χ2n) is 2.29. The predicted octanol–water partition coefficient (Wildman–Crippen LogP) is -1.27. The van der Waals surface area contributed by atoms with E-state index in [4.69, 9.17) is 5.11 Å². The standard InChI is InChI=1S/C6H8N2O3.CH4O/c1-4-5(10)8(2-3-9)6(11)7-4;1-2/h3-4H,2H2,1H3,(H,7,11);2H,1H3. The van der Waals surface area contributed by atoms with Crippen molar-refractivity contribution in [3.8, 4) is 0 Å². The molecule has 1 heterocycles. The summed E-state index contributed by atoms with van der Waals surface area (Å²) >= 11 is 0. The molecule has 0 bridgehead atoms. The van der Waals surface area contributed by atoms with Gasteiger partial charge in [0.15, 0.2) is 0 Å². The molecule has 1 rings (SSSR count). The molecule has 0 radical (unpaired) electrons. The fraction of sp³-hybridized carbons (Fsp3) is 0.571. The summed E-state index contributed by atoms with van der Waals surface area (Å²) in [5, 5.41) is 9.38. The third-order valence-electron chi connectivity index (χ3n) is 1.48. The summed E-state index contributed by atoms with van der Waals surface area (Å²) in [4.78, 5) is 32.7. The van der Waals surface area contributed by atoms with Gasteiger partial charge in [0.2, 0.25) is 0 Å². The van der Waals surface area contributed by atoms with Crippen LogP contribution in [0.15, 0.2) is 0 Å². The molecule has 1 aliphatic rings. The first-order chi connectivity index (χ1) is 6.16. The van der Waals surface area contributed by atoms with Gasteiger partial charge in [0, 0.05) is 7.11 Å². The van der Waals surface area contributed by atoms with Crippen molar-refractivity contribution in [1.29, 1.82) is 0 Å². The van der Waals surface area contributed by atoms with Gasteiger partial charge in [-0.25, -0.2) is 4.79 Å². The summed E-state index contributed by atoms with van der Waals surface area (Å²) in [6, 6.07) is -0.989. The molecule has 0 aliphatic carbocycles. The molecule has 74 valence electrons. The van der Waals surface area contributed by atoms with Crippen molar-refractivity contribution < 1.29 is 19.5 Å². The van der Waals surface area contributed by atoms with E-state index in [2.05, 4.69) is 5.32 Å². The first-order valence-corrected chi connectivity index (χ1v) is 3.67. The fourth-order valence-electron chi connectivity index (χ4n) is 0.906. The summed E-state index contributed by atoms with van der Waals surface area (Å²) in [6.45, 7) is 1.42. The SMILES string of the molecule is CC1NC(=O)N(CC=O)C1=O.CO. The predicted molar refractivity (Wildman–Crippen MR) is 43.9 cm³/mol. The Morgan fingerprint density at radius 1 is 1.54 bits per heavy atom. The molecule has 1 atom stereocenters. The molecule has 1 saturated heterocycles. The zero-order chi connectivity index (χ0) is 10.4. The van der Waals surface area contributed by atoms with E-state index in [0.29, 0.717) is 6.29 Å². The third-order valence-corrected chi connectivity index (χ3v) is 1.48. The van der Waals surface area contributed by atoms with Gasteiger partial charge in [0.05, 0.1) is 6.54 Å². The van der Waals surface area contributed by atoms with Crippen LogP contribution in [0.5, 0.6) is 0 Å². The van der Waals surface area contributed by atoms with Crippen molar-refractivity contribution in [2.75, 3.05) is 13.7 Å². The maximum Gasteiger partial charge on any atom is 0.325 e. The van der Waals surface area contributed by atoms with E-state index < -0.39 is 12.1 Å². The van der Waals surface area contributed by atoms with E-state index >= 15 is 0 Å². The summed E-state index contributed by atoms with van der Waals surface area (Å²) in [7, 11) is 1.00. The Morgan fingerprint density at radius 3 is 2.38 bits per heavy atom. The maximum atomic E-state index is 11.0. The highest BCUT2D eigenvalue weighted by molar-refractivity contribution is 6.05. The number of amides is 3. The van der Waals surface area contributed by atoms with Crippen LogP contribution in [0.2, 0.25) is 0 Å². The third kappa shape index (κ3) is 2.51. The van der Waals surface area contributed by atoms with Crippen LogP contribution in [0, 0.1) is 0 Å². The van der Waals surface area contributed by atoms with Crippen molar-refractivity contribution in [2.45, 2.75) is 13.0 Å². The molecule has 1 unspecified atom stereocenters. The van der Waals surface area contributed by atoms with Crippen LogP contribution in [0.1, 0.15) is 6.92 Å². The van der Waals surface area contributed by atoms with Gasteiger partial charge < -0.3 is 15.2 Å². The van der Waals surface area contributed by atoms with E-state index in [-0.39, 0.29) is 12.5 Å². The van der Waals surface area contributed by atoms with Gasteiger partial charge in [0.25, 0.3) is 5.91 Å². The second-order valence-corrected chi connectivity index (χ2v) is 2.29. The first kappa shape index (κ1) is 11.6. The molecule has 2 N–H and O–H groups in total. The lowest BCUT2D eigenvalue weighted by Gasteiger charge is -2.05. The van der Waals surface area contributed by atoms with Crippen molar-refractivity contribution in [3.05, 3.63) is 0 Å². The zero-order valence-electron chi connectivity index (χ0n) is 7.48. The molecular weight excluding hydrogens is 176 g/mol. The largest absolute Gasteiger partial charge is 0.400 e. The number of aliphatic hydroxyl groups is 1. The Balaban J connectivity index is 0.000000671. The summed E-state index contributed by atoms with van der Waals surface area (Å²) in [5.74, 6) is -0.345. The molecule has 6 heteroatoms. The van der Waals surface area contributed by atoms with Crippen molar-refractivity contribution >= 4 is 18.2 Å². The zero-order valence-corrected chi connectivity index (χ0v) is 7.48. The molecule has 0 aromatic carbocycles. The summed E-state index contributed by atoms with van der Waals surface area (Å²) < 4.78 is 0. The Kier molecular flexibility index (Phi) is 4.68. The highest BCUT2D eigenvalue weighted by Gasteiger charge is 2.34. The number of imide groups is 1. The lowest BCUT2D eigenvalue weighted by Crippen LogP contribution is -2.32. The van der Waals surface area contributed by atoms with Gasteiger partial charge in [-0.05, 0) is 6.92 Å². The Bertz CT molecular complexity index is 217. The van der Waals surface area contributed by atoms with Gasteiger partial charge in [-0.3, -0.25) is 9.69 Å². The van der Waals surface area contributed by atoms with Gasteiger partial charge >= 0.3 is 6.03 Å². The van der Waals surface area contributed by atoms with E-state index in [0.717, 1.165) is 12.0 Å². The monoisotopic (exact) mass is 188 g/mol. The number of aldehydes is 1. The maximum absolute atomic E-state index is 11.0. The number of carbonyl (C=O) groups is 3. The number of nitrogens with one attached hydrogen (secondary N) is 1. The van der Waals surface area contributed by atoms with Crippen molar-refractivity contribution in [3.63, 3.8) is 0 Å². The molecule has 0 saturated carbocycles. The smallest absolute Gasteiger partial charge is 0.325 e. The second kappa shape index (κ2) is 5.26. The lowest BCUT2D eigenvalue weighted by molar-refractivity contribution is -0.128. The minimum Gasteiger partial charge on any atom is -0.400 e. The van der Waals surface area contributed by atoms with Crippen LogP contribution in [0.4, 0.5) is 4.79 Å². The number of urea groups is 1. The Hall–Kier alpha value is -1.43. The Labute approximate surface area is 75.5 Å². The summed E-state index contributed by atoms with van der Waals surface area (Å²) in [5.41, 5.74) is 0. The van der Waals surface area contributed by atoms with E-state index in [1.54, 1.807) is 6.92 Å². The number of carbonyl (C=O) groups excluding carboxylic acids is 3. The van der Waals surface area contributed by atoms with Gasteiger partial charge in [0.1, 0.15) is 12.3 Å². The van der Waals surface area contributed by atoms with Crippen LogP contribution in [-0.2, 0) is 9.59 Å². The molecule has 0 aromatic heterocycles. The highest BCUT2D eigenvalue weighted by Crippen LogP contribution is 2.03. The molecule has 3 amide bonds. The average molecular weight is 188 g/mol. The highest BCUT2D eigenvalue weighted by atomic mass is 16.2. The minimum atomic E-state index is -0.498. The molecule has 1 aliphatic heterocycles. The number of hydrogen-bond donors (Lipinski definition) is 2. The first-order valence-electron chi connectivity index (χ1n) is 3.67. The molecule has 6 nitrogen and oxygen atoms in total. The molecule has 1 fully saturated rings. The lowest BCUT2D eigenvalue weighted by atomic mass is 10.3. The number of hydrogen-bond acceptors (Lipinski definition) is 4. The molecule has 13 heavy (non-hydrogen) atoms. The topological polar surface area (TPSA) is 86.7 Å². The van der Waals surface area contributed by atoms with Crippen LogP contribution < -0.4 is 5.32 Å². The molecular formula is C7H12N2O4. The van der Waals surface area contributed by atoms with E-state index in [1.165, 1.54) is 0 Å². The van der Waals surface area contributed by atoms with Crippen LogP contribution >= 0.6 is 0 Å².